The van der Waals surface area contributed by atoms with Gasteiger partial charge in [-0.2, -0.15) is 0 Å². The fourth-order valence-corrected chi connectivity index (χ4v) is 4.10. The van der Waals surface area contributed by atoms with Crippen LogP contribution in [0.15, 0.2) is 23.1 Å². The van der Waals surface area contributed by atoms with Gasteiger partial charge < -0.3 is 16.4 Å². The van der Waals surface area contributed by atoms with Crippen molar-refractivity contribution >= 4 is 53.3 Å². The monoisotopic (exact) mass is 389 g/mol. The number of hydrogen-bond acceptors (Lipinski definition) is 4. The molecule has 132 valence electrons. The Balaban J connectivity index is 0.00000208. The van der Waals surface area contributed by atoms with Crippen molar-refractivity contribution in [2.45, 2.75) is 41.9 Å². The van der Waals surface area contributed by atoms with E-state index >= 15 is 0 Å². The highest BCUT2D eigenvalue weighted by Crippen LogP contribution is 2.40. The van der Waals surface area contributed by atoms with Crippen LogP contribution in [0.25, 0.3) is 0 Å². The molecule has 1 aliphatic carbocycles. The number of benzene rings is 1. The minimum atomic E-state index is -0.440. The molecule has 0 aromatic heterocycles. The Kier molecular flexibility index (Phi) is 6.07. The lowest BCUT2D eigenvalue weighted by molar-refractivity contribution is -0.125. The predicted octanol–water partition coefficient (Wildman–Crippen LogP) is 2.81. The minimum Gasteiger partial charge on any atom is -0.349 e. The average Bonchev–Trinajstić information content (AvgIpc) is 3.33. The van der Waals surface area contributed by atoms with Gasteiger partial charge in [-0.15, -0.1) is 24.2 Å². The highest BCUT2D eigenvalue weighted by atomic mass is 35.5. The van der Waals surface area contributed by atoms with Gasteiger partial charge in [0.05, 0.1) is 16.5 Å². The van der Waals surface area contributed by atoms with Crippen LogP contribution < -0.4 is 16.4 Å². The number of amides is 2. The topological polar surface area (TPSA) is 84.2 Å². The summed E-state index contributed by atoms with van der Waals surface area (Å²) in [6.07, 6.45) is 2.34. The number of carbonyl (C=O) groups excluding carboxylic acids is 2. The maximum atomic E-state index is 12.3. The van der Waals surface area contributed by atoms with E-state index in [1.54, 1.807) is 12.1 Å². The highest BCUT2D eigenvalue weighted by molar-refractivity contribution is 8.01. The van der Waals surface area contributed by atoms with E-state index in [1.165, 1.54) is 11.8 Å². The smallest absolute Gasteiger partial charge is 0.238 e. The zero-order valence-corrected chi connectivity index (χ0v) is 15.7. The Bertz CT molecular complexity index is 654. The van der Waals surface area contributed by atoms with Crippen molar-refractivity contribution in [2.24, 2.45) is 11.7 Å². The van der Waals surface area contributed by atoms with Gasteiger partial charge in [0.1, 0.15) is 0 Å². The van der Waals surface area contributed by atoms with Crippen LogP contribution in [0.1, 0.15) is 26.2 Å². The van der Waals surface area contributed by atoms with Crippen LogP contribution >= 0.6 is 35.8 Å². The number of thioether (sulfide) groups is 1. The molecule has 2 unspecified atom stereocenters. The molecule has 1 aliphatic heterocycles. The fraction of sp³-hybridized carbons (Fsp3) is 0.500. The van der Waals surface area contributed by atoms with E-state index in [2.05, 4.69) is 10.6 Å². The summed E-state index contributed by atoms with van der Waals surface area (Å²) in [5.41, 5.74) is 6.16. The summed E-state index contributed by atoms with van der Waals surface area (Å²) in [6.45, 7) is 2.39. The van der Waals surface area contributed by atoms with E-state index < -0.39 is 5.25 Å². The molecular weight excluding hydrogens is 369 g/mol. The van der Waals surface area contributed by atoms with Crippen LogP contribution in [0.2, 0.25) is 5.02 Å². The lowest BCUT2D eigenvalue weighted by Gasteiger charge is -2.31. The van der Waals surface area contributed by atoms with Crippen LogP contribution in [0.5, 0.6) is 0 Å². The summed E-state index contributed by atoms with van der Waals surface area (Å²) >= 11 is 7.33. The number of hydrogen-bond donors (Lipinski definition) is 3. The van der Waals surface area contributed by atoms with Crippen molar-refractivity contribution in [2.75, 3.05) is 11.9 Å². The number of carbonyl (C=O) groups is 2. The standard InChI is InChI=1S/C16H20ClN3O2S.ClH/c1-16(8-18,9-2-3-9)20-14(21)7-13-15(22)19-11-6-10(17)4-5-12(11)23-13;/h4-6,9,13H,2-3,7-8,18H2,1H3,(H,19,22)(H,20,21);1H. The first-order valence-electron chi connectivity index (χ1n) is 7.69. The molecule has 1 heterocycles. The molecule has 1 aromatic rings. The van der Waals surface area contributed by atoms with E-state index in [-0.39, 0.29) is 36.2 Å². The number of anilines is 1. The van der Waals surface area contributed by atoms with E-state index in [1.807, 2.05) is 13.0 Å². The van der Waals surface area contributed by atoms with Gasteiger partial charge in [0.15, 0.2) is 0 Å². The third kappa shape index (κ3) is 4.17. The van der Waals surface area contributed by atoms with Gasteiger partial charge in [0.2, 0.25) is 11.8 Å². The molecule has 0 radical (unpaired) electrons. The van der Waals surface area contributed by atoms with Crippen LogP contribution in [-0.4, -0.2) is 29.1 Å². The number of rotatable bonds is 5. The maximum absolute atomic E-state index is 12.3. The molecule has 0 bridgehead atoms. The van der Waals surface area contributed by atoms with Crippen molar-refractivity contribution in [1.29, 1.82) is 0 Å². The first-order valence-corrected chi connectivity index (χ1v) is 8.95. The van der Waals surface area contributed by atoms with Crippen LogP contribution in [0.3, 0.4) is 0 Å². The first-order chi connectivity index (χ1) is 10.9. The third-order valence-corrected chi connectivity index (χ3v) is 5.97. The average molecular weight is 390 g/mol. The van der Waals surface area contributed by atoms with Gasteiger partial charge in [-0.3, -0.25) is 9.59 Å². The number of halogens is 2. The second-order valence-electron chi connectivity index (χ2n) is 6.38. The quantitative estimate of drug-likeness (QED) is 0.722. The normalized spacial score (nSPS) is 21.8. The summed E-state index contributed by atoms with van der Waals surface area (Å²) in [5.74, 6) is 0.155. The largest absolute Gasteiger partial charge is 0.349 e. The third-order valence-electron chi connectivity index (χ3n) is 4.46. The second kappa shape index (κ2) is 7.52. The van der Waals surface area contributed by atoms with Crippen molar-refractivity contribution in [3.63, 3.8) is 0 Å². The molecule has 2 atom stereocenters. The number of nitrogens with one attached hydrogen (secondary N) is 2. The van der Waals surface area contributed by atoms with Gasteiger partial charge in [-0.25, -0.2) is 0 Å². The minimum absolute atomic E-state index is 0. The molecule has 2 amide bonds. The Morgan fingerprint density at radius 1 is 1.50 bits per heavy atom. The molecule has 0 saturated heterocycles. The lowest BCUT2D eigenvalue weighted by atomic mass is 9.95. The van der Waals surface area contributed by atoms with E-state index in [4.69, 9.17) is 17.3 Å². The molecule has 2 aliphatic rings. The molecule has 1 saturated carbocycles. The second-order valence-corrected chi connectivity index (χ2v) is 8.07. The van der Waals surface area contributed by atoms with Gasteiger partial charge in [-0.05, 0) is 43.9 Å². The molecule has 3 rings (SSSR count). The summed E-state index contributed by atoms with van der Waals surface area (Å²) in [4.78, 5) is 25.5. The van der Waals surface area contributed by atoms with Crippen LogP contribution in [-0.2, 0) is 9.59 Å². The predicted molar refractivity (Wildman–Crippen MR) is 99.9 cm³/mol. The Morgan fingerprint density at radius 2 is 2.21 bits per heavy atom. The van der Waals surface area contributed by atoms with Crippen molar-refractivity contribution in [3.05, 3.63) is 23.2 Å². The molecule has 5 nitrogen and oxygen atoms in total. The summed E-state index contributed by atoms with van der Waals surface area (Å²) in [6, 6.07) is 5.36. The maximum Gasteiger partial charge on any atom is 0.238 e. The number of fused-ring (bicyclic) bond motifs is 1. The zero-order chi connectivity index (χ0) is 16.6. The van der Waals surface area contributed by atoms with Crippen molar-refractivity contribution < 1.29 is 9.59 Å². The molecule has 4 N–H and O–H groups in total. The summed E-state index contributed by atoms with van der Waals surface area (Å²) in [7, 11) is 0. The molecular formula is C16H21Cl2N3O2S. The Labute approximate surface area is 156 Å². The van der Waals surface area contributed by atoms with Crippen molar-refractivity contribution in [1.82, 2.24) is 5.32 Å². The summed E-state index contributed by atoms with van der Waals surface area (Å²) < 4.78 is 0. The Hall–Kier alpha value is -0.950. The van der Waals surface area contributed by atoms with Crippen LogP contribution in [0.4, 0.5) is 5.69 Å². The number of nitrogens with two attached hydrogens (primary N) is 1. The van der Waals surface area contributed by atoms with Gasteiger partial charge in [0.25, 0.3) is 0 Å². The fourth-order valence-electron chi connectivity index (χ4n) is 2.84. The highest BCUT2D eigenvalue weighted by Gasteiger charge is 2.42. The molecule has 0 spiro atoms. The van der Waals surface area contributed by atoms with Crippen molar-refractivity contribution in [3.8, 4) is 0 Å². The first kappa shape index (κ1) is 19.4. The summed E-state index contributed by atoms with van der Waals surface area (Å²) in [5, 5.41) is 5.98. The SMILES string of the molecule is CC(CN)(NC(=O)CC1Sc2ccc(Cl)cc2NC1=O)C1CC1.Cl. The molecule has 1 aromatic carbocycles. The van der Waals surface area contributed by atoms with Gasteiger partial charge in [-0.1, -0.05) is 11.6 Å². The van der Waals surface area contributed by atoms with E-state index in [0.29, 0.717) is 23.2 Å². The van der Waals surface area contributed by atoms with Gasteiger partial charge in [0, 0.05) is 22.9 Å². The van der Waals surface area contributed by atoms with E-state index in [9.17, 15) is 9.59 Å². The molecule has 8 heteroatoms. The zero-order valence-electron chi connectivity index (χ0n) is 13.3. The molecule has 24 heavy (non-hydrogen) atoms. The molecule has 1 fully saturated rings. The van der Waals surface area contributed by atoms with Crippen LogP contribution in [0, 0.1) is 5.92 Å². The Morgan fingerprint density at radius 3 is 2.83 bits per heavy atom. The van der Waals surface area contributed by atoms with E-state index in [0.717, 1.165) is 17.7 Å². The van der Waals surface area contributed by atoms with Gasteiger partial charge >= 0.3 is 0 Å². The lowest BCUT2D eigenvalue weighted by Crippen LogP contribution is -2.53.